The number of rotatable bonds is 10. The lowest BCUT2D eigenvalue weighted by atomic mass is 9.78. The lowest BCUT2D eigenvalue weighted by molar-refractivity contribution is -0.151. The summed E-state index contributed by atoms with van der Waals surface area (Å²) < 4.78 is 5.86. The highest BCUT2D eigenvalue weighted by Gasteiger charge is 2.67. The number of likely N-dealkylation sites (tertiary alicyclic amines) is 1. The van der Waals surface area contributed by atoms with Gasteiger partial charge in [-0.05, 0) is 54.7 Å². The molecule has 0 saturated carbocycles. The second-order valence-corrected chi connectivity index (χ2v) is 9.52. The van der Waals surface area contributed by atoms with Crippen LogP contribution in [-0.4, -0.2) is 51.9 Å². The highest BCUT2D eigenvalue weighted by molar-refractivity contribution is 7.98. The van der Waals surface area contributed by atoms with E-state index in [1.54, 1.807) is 18.2 Å². The minimum Gasteiger partial charge on any atom is -0.480 e. The lowest BCUT2D eigenvalue weighted by Crippen LogP contribution is -2.56. The number of hydrogen-bond donors (Lipinski definition) is 2. The standard InChI is InChI=1S/C26H28N2O5S/c1-3-4-15-28-23(29)20-21(24(28)30)26(25(31)32,14-16-34-2)27-22(20)17-10-12-19(13-11-17)33-18-8-6-5-7-9-18/h3,5-13,20-22,27H,1,4,14-16H2,2H3,(H,31,32). The van der Waals surface area contributed by atoms with Crippen molar-refractivity contribution in [1.29, 1.82) is 0 Å². The molecule has 2 aliphatic rings. The van der Waals surface area contributed by atoms with Crippen LogP contribution in [0.5, 0.6) is 11.5 Å². The Morgan fingerprint density at radius 2 is 1.82 bits per heavy atom. The lowest BCUT2D eigenvalue weighted by Gasteiger charge is -2.31. The Bertz CT molecular complexity index is 1070. The van der Waals surface area contributed by atoms with Gasteiger partial charge < -0.3 is 9.84 Å². The number of para-hydroxylation sites is 1. The van der Waals surface area contributed by atoms with Crippen molar-refractivity contribution in [2.45, 2.75) is 24.4 Å². The highest BCUT2D eigenvalue weighted by Crippen LogP contribution is 2.50. The molecule has 34 heavy (non-hydrogen) atoms. The van der Waals surface area contributed by atoms with Gasteiger partial charge in [-0.2, -0.15) is 11.8 Å². The van der Waals surface area contributed by atoms with Crippen molar-refractivity contribution in [2.24, 2.45) is 11.8 Å². The molecular weight excluding hydrogens is 452 g/mol. The van der Waals surface area contributed by atoms with E-state index < -0.39 is 35.3 Å². The number of hydrogen-bond acceptors (Lipinski definition) is 6. The molecule has 4 atom stereocenters. The summed E-state index contributed by atoms with van der Waals surface area (Å²) in [6, 6.07) is 16.0. The fourth-order valence-corrected chi connectivity index (χ4v) is 5.48. The number of carbonyl (C=O) groups excluding carboxylic acids is 2. The third kappa shape index (κ3) is 4.23. The van der Waals surface area contributed by atoms with Crippen LogP contribution in [-0.2, 0) is 14.4 Å². The molecule has 2 aliphatic heterocycles. The van der Waals surface area contributed by atoms with Crippen molar-refractivity contribution in [3.05, 3.63) is 72.8 Å². The van der Waals surface area contributed by atoms with Crippen molar-refractivity contribution in [1.82, 2.24) is 10.2 Å². The molecule has 2 amide bonds. The van der Waals surface area contributed by atoms with Gasteiger partial charge in [-0.1, -0.05) is 36.4 Å². The molecule has 2 aromatic rings. The number of imide groups is 1. The minimum atomic E-state index is -1.51. The van der Waals surface area contributed by atoms with E-state index in [-0.39, 0.29) is 18.9 Å². The van der Waals surface area contributed by atoms with E-state index in [1.807, 2.05) is 48.7 Å². The fraction of sp³-hybridized carbons (Fsp3) is 0.346. The summed E-state index contributed by atoms with van der Waals surface area (Å²) in [7, 11) is 0. The molecule has 0 radical (unpaired) electrons. The summed E-state index contributed by atoms with van der Waals surface area (Å²) in [5.74, 6) is -1.72. The second-order valence-electron chi connectivity index (χ2n) is 8.53. The topological polar surface area (TPSA) is 95.9 Å². The fourth-order valence-electron chi connectivity index (χ4n) is 4.95. The van der Waals surface area contributed by atoms with Gasteiger partial charge in [0.2, 0.25) is 11.8 Å². The van der Waals surface area contributed by atoms with E-state index in [0.29, 0.717) is 23.7 Å². The van der Waals surface area contributed by atoms with Gasteiger partial charge in [-0.3, -0.25) is 24.6 Å². The largest absolute Gasteiger partial charge is 0.480 e. The van der Waals surface area contributed by atoms with Crippen molar-refractivity contribution in [3.63, 3.8) is 0 Å². The average Bonchev–Trinajstić information content (AvgIpc) is 3.32. The van der Waals surface area contributed by atoms with Crippen molar-refractivity contribution in [3.8, 4) is 11.5 Å². The van der Waals surface area contributed by atoms with Crippen LogP contribution in [0, 0.1) is 11.8 Å². The molecule has 0 aromatic heterocycles. The highest BCUT2D eigenvalue weighted by atomic mass is 32.2. The zero-order valence-electron chi connectivity index (χ0n) is 19.0. The maximum atomic E-state index is 13.4. The Labute approximate surface area is 203 Å². The van der Waals surface area contributed by atoms with Crippen LogP contribution in [0.15, 0.2) is 67.3 Å². The summed E-state index contributed by atoms with van der Waals surface area (Å²) in [5.41, 5.74) is -0.762. The van der Waals surface area contributed by atoms with Crippen LogP contribution >= 0.6 is 11.8 Å². The predicted molar refractivity (Wildman–Crippen MR) is 131 cm³/mol. The number of fused-ring (bicyclic) bond motifs is 1. The average molecular weight is 481 g/mol. The van der Waals surface area contributed by atoms with Gasteiger partial charge in [0.1, 0.15) is 17.0 Å². The van der Waals surface area contributed by atoms with E-state index in [2.05, 4.69) is 11.9 Å². The molecule has 2 fully saturated rings. The molecule has 4 unspecified atom stereocenters. The number of carbonyl (C=O) groups is 3. The number of nitrogens with one attached hydrogen (secondary N) is 1. The molecule has 2 N–H and O–H groups in total. The Kier molecular flexibility index (Phi) is 7.09. The third-order valence-corrected chi connectivity index (χ3v) is 7.21. The quantitative estimate of drug-likeness (QED) is 0.394. The monoisotopic (exact) mass is 480 g/mol. The maximum absolute atomic E-state index is 13.4. The number of aliphatic carboxylic acids is 1. The number of carboxylic acids is 1. The zero-order valence-corrected chi connectivity index (χ0v) is 19.8. The Balaban J connectivity index is 1.68. The SMILES string of the molecule is C=CCCN1C(=O)C2C(c3ccc(Oc4ccccc4)cc3)NC(CCSC)(C(=O)O)C2C1=O. The molecule has 0 bridgehead atoms. The van der Waals surface area contributed by atoms with Gasteiger partial charge >= 0.3 is 5.97 Å². The number of benzene rings is 2. The van der Waals surface area contributed by atoms with Gasteiger partial charge in [0, 0.05) is 12.6 Å². The summed E-state index contributed by atoms with van der Waals surface area (Å²) in [4.78, 5) is 40.6. The van der Waals surface area contributed by atoms with Crippen LogP contribution in [0.1, 0.15) is 24.4 Å². The smallest absolute Gasteiger partial charge is 0.324 e. The number of nitrogens with zero attached hydrogens (tertiary/aromatic N) is 1. The molecule has 2 heterocycles. The number of ether oxygens (including phenoxy) is 1. The van der Waals surface area contributed by atoms with Gasteiger partial charge in [0.25, 0.3) is 0 Å². The van der Waals surface area contributed by atoms with Crippen molar-refractivity contribution in [2.75, 3.05) is 18.6 Å². The molecule has 0 aliphatic carbocycles. The van der Waals surface area contributed by atoms with Crippen LogP contribution in [0.2, 0.25) is 0 Å². The normalized spacial score (nSPS) is 25.9. The van der Waals surface area contributed by atoms with Crippen LogP contribution in [0.25, 0.3) is 0 Å². The van der Waals surface area contributed by atoms with Gasteiger partial charge in [0.05, 0.1) is 11.8 Å². The molecule has 4 rings (SSSR count). The first-order chi connectivity index (χ1) is 16.4. The van der Waals surface area contributed by atoms with E-state index in [0.717, 1.165) is 5.56 Å². The molecule has 7 nitrogen and oxygen atoms in total. The van der Waals surface area contributed by atoms with Gasteiger partial charge in [-0.15, -0.1) is 6.58 Å². The summed E-state index contributed by atoms with van der Waals surface area (Å²) in [5, 5.41) is 13.5. The molecule has 0 spiro atoms. The minimum absolute atomic E-state index is 0.211. The molecule has 2 aromatic carbocycles. The number of amides is 2. The first-order valence-electron chi connectivity index (χ1n) is 11.2. The summed E-state index contributed by atoms with van der Waals surface area (Å²) in [6.07, 6.45) is 4.24. The van der Waals surface area contributed by atoms with E-state index >= 15 is 0 Å². The zero-order chi connectivity index (χ0) is 24.3. The first kappa shape index (κ1) is 24.0. The first-order valence-corrected chi connectivity index (χ1v) is 12.6. The third-order valence-electron chi connectivity index (χ3n) is 6.60. The van der Waals surface area contributed by atoms with Gasteiger partial charge in [-0.25, -0.2) is 0 Å². The maximum Gasteiger partial charge on any atom is 0.324 e. The molecular formula is C26H28N2O5S. The summed E-state index contributed by atoms with van der Waals surface area (Å²) >= 11 is 1.51. The molecule has 8 heteroatoms. The van der Waals surface area contributed by atoms with Crippen LogP contribution < -0.4 is 10.1 Å². The van der Waals surface area contributed by atoms with Crippen molar-refractivity contribution >= 4 is 29.5 Å². The Morgan fingerprint density at radius 1 is 1.15 bits per heavy atom. The van der Waals surface area contributed by atoms with E-state index in [1.165, 1.54) is 16.7 Å². The van der Waals surface area contributed by atoms with E-state index in [4.69, 9.17) is 4.74 Å². The van der Waals surface area contributed by atoms with Crippen LogP contribution in [0.4, 0.5) is 0 Å². The summed E-state index contributed by atoms with van der Waals surface area (Å²) in [6.45, 7) is 3.88. The predicted octanol–water partition coefficient (Wildman–Crippen LogP) is 3.88. The number of thioether (sulfide) groups is 1. The Morgan fingerprint density at radius 3 is 2.44 bits per heavy atom. The number of carboxylic acid groups (broad SMARTS) is 1. The second kappa shape index (κ2) is 10.0. The Hall–Kier alpha value is -3.10. The molecule has 2 saturated heterocycles. The van der Waals surface area contributed by atoms with Crippen molar-refractivity contribution < 1.29 is 24.2 Å². The molecule has 178 valence electrons. The van der Waals surface area contributed by atoms with Crippen LogP contribution in [0.3, 0.4) is 0 Å². The van der Waals surface area contributed by atoms with E-state index in [9.17, 15) is 19.5 Å². The van der Waals surface area contributed by atoms with Gasteiger partial charge in [0.15, 0.2) is 0 Å².